The number of carbonyl (C=O) groups excluding carboxylic acids is 2. The first kappa shape index (κ1) is 17.9. The second kappa shape index (κ2) is 8.44. The number of urea groups is 1. The predicted octanol–water partition coefficient (Wildman–Crippen LogP) is 2.67. The lowest BCUT2D eigenvalue weighted by atomic mass is 10.1. The van der Waals surface area contributed by atoms with Crippen LogP contribution in [0.1, 0.15) is 28.3 Å². The van der Waals surface area contributed by atoms with Gasteiger partial charge in [0.1, 0.15) is 0 Å². The minimum absolute atomic E-state index is 0.0418. The summed E-state index contributed by atoms with van der Waals surface area (Å²) in [7, 11) is 1.61. The fourth-order valence-electron chi connectivity index (χ4n) is 2.09. The Bertz CT molecular complexity index is 697. The number of hydrogen-bond acceptors (Lipinski definition) is 4. The number of aromatic nitrogens is 1. The zero-order valence-electron chi connectivity index (χ0n) is 14.1. The summed E-state index contributed by atoms with van der Waals surface area (Å²) in [6.45, 7) is 4.57. The van der Waals surface area contributed by atoms with Gasteiger partial charge in [0.25, 0.3) is 0 Å². The number of amides is 3. The number of nitrogens with one attached hydrogen (secondary N) is 3. The van der Waals surface area contributed by atoms with Crippen molar-refractivity contribution in [1.29, 1.82) is 0 Å². The Labute approximate surface area is 145 Å². The first-order valence-corrected chi connectivity index (χ1v) is 8.56. The number of thiazole rings is 1. The predicted molar refractivity (Wildman–Crippen MR) is 96.5 cm³/mol. The molecule has 6 nitrogen and oxygen atoms in total. The van der Waals surface area contributed by atoms with Crippen LogP contribution in [0.3, 0.4) is 0 Å². The van der Waals surface area contributed by atoms with Gasteiger partial charge in [-0.05, 0) is 24.6 Å². The number of benzene rings is 1. The molecule has 0 saturated carbocycles. The fraction of sp³-hybridized carbons (Fsp3) is 0.353. The minimum atomic E-state index is -0.255. The van der Waals surface area contributed by atoms with Gasteiger partial charge in [0.15, 0.2) is 0 Å². The van der Waals surface area contributed by atoms with E-state index in [1.54, 1.807) is 30.5 Å². The number of carbonyl (C=O) groups is 2. The van der Waals surface area contributed by atoms with Gasteiger partial charge in [-0.2, -0.15) is 0 Å². The van der Waals surface area contributed by atoms with Crippen molar-refractivity contribution in [1.82, 2.24) is 15.6 Å². The summed E-state index contributed by atoms with van der Waals surface area (Å²) in [6, 6.07) is 6.96. The third-order valence-corrected chi connectivity index (χ3v) is 4.63. The molecule has 3 N–H and O–H groups in total. The maximum absolute atomic E-state index is 12.0. The van der Waals surface area contributed by atoms with Crippen LogP contribution in [-0.4, -0.2) is 30.5 Å². The second-order valence-electron chi connectivity index (χ2n) is 5.59. The van der Waals surface area contributed by atoms with E-state index in [4.69, 9.17) is 0 Å². The van der Waals surface area contributed by atoms with Gasteiger partial charge in [-0.25, -0.2) is 9.78 Å². The number of nitrogens with zero attached hydrogens (tertiary/aromatic N) is 1. The van der Waals surface area contributed by atoms with Crippen LogP contribution in [0.25, 0.3) is 0 Å². The summed E-state index contributed by atoms with van der Waals surface area (Å²) in [4.78, 5) is 28.8. The molecule has 0 aliphatic rings. The molecule has 0 radical (unpaired) electrons. The molecular weight excluding hydrogens is 324 g/mol. The molecule has 1 heterocycles. The molecule has 3 amide bonds. The molecule has 2 rings (SSSR count). The zero-order chi connectivity index (χ0) is 17.5. The standard InChI is InChI=1S/C17H22N4O2S/c1-11(16-19-10-12(2)24-16)9-20-17(23)21-14-6-4-13(5-7-14)8-15(22)18-3/h4-7,10-11H,8-9H2,1-3H3,(H,18,22)(H2,20,21,23)/t11-/m1/s1. The summed E-state index contributed by atoms with van der Waals surface area (Å²) in [5, 5.41) is 9.23. The average molecular weight is 346 g/mol. The molecule has 0 fully saturated rings. The SMILES string of the molecule is CNC(=O)Cc1ccc(NC(=O)NC[C@@H](C)c2ncc(C)s2)cc1. The largest absolute Gasteiger partial charge is 0.359 e. The lowest BCUT2D eigenvalue weighted by Gasteiger charge is -2.11. The van der Waals surface area contributed by atoms with Gasteiger partial charge in [0.2, 0.25) is 5.91 Å². The van der Waals surface area contributed by atoms with E-state index in [-0.39, 0.29) is 17.9 Å². The number of anilines is 1. The van der Waals surface area contributed by atoms with E-state index in [0.29, 0.717) is 18.7 Å². The monoisotopic (exact) mass is 346 g/mol. The van der Waals surface area contributed by atoms with Gasteiger partial charge >= 0.3 is 6.03 Å². The van der Waals surface area contributed by atoms with Crippen LogP contribution in [0, 0.1) is 6.92 Å². The normalized spacial score (nSPS) is 11.6. The Morgan fingerprint density at radius 1 is 1.25 bits per heavy atom. The third kappa shape index (κ3) is 5.34. The van der Waals surface area contributed by atoms with Crippen LogP contribution < -0.4 is 16.0 Å². The molecule has 0 aliphatic heterocycles. The van der Waals surface area contributed by atoms with Gasteiger partial charge in [-0.1, -0.05) is 19.1 Å². The molecule has 128 valence electrons. The van der Waals surface area contributed by atoms with E-state index in [9.17, 15) is 9.59 Å². The highest BCUT2D eigenvalue weighted by Crippen LogP contribution is 2.20. The van der Waals surface area contributed by atoms with Crippen LogP contribution in [0.5, 0.6) is 0 Å². The lowest BCUT2D eigenvalue weighted by molar-refractivity contribution is -0.119. The zero-order valence-corrected chi connectivity index (χ0v) is 14.9. The molecule has 0 bridgehead atoms. The van der Waals surface area contributed by atoms with Crippen molar-refractivity contribution in [3.63, 3.8) is 0 Å². The Balaban J connectivity index is 1.80. The van der Waals surface area contributed by atoms with Crippen molar-refractivity contribution >= 4 is 29.0 Å². The third-order valence-electron chi connectivity index (χ3n) is 3.48. The molecule has 0 unspecified atom stereocenters. The molecule has 0 saturated heterocycles. The topological polar surface area (TPSA) is 83.1 Å². The van der Waals surface area contributed by atoms with Crippen molar-refractivity contribution in [2.24, 2.45) is 0 Å². The molecule has 7 heteroatoms. The molecule has 1 aromatic heterocycles. The van der Waals surface area contributed by atoms with Crippen LogP contribution in [0.2, 0.25) is 0 Å². The van der Waals surface area contributed by atoms with Gasteiger partial charge < -0.3 is 16.0 Å². The van der Waals surface area contributed by atoms with Gasteiger partial charge in [-0.3, -0.25) is 4.79 Å². The van der Waals surface area contributed by atoms with Crippen LogP contribution in [-0.2, 0) is 11.2 Å². The first-order chi connectivity index (χ1) is 11.5. The average Bonchev–Trinajstić information content (AvgIpc) is 3.01. The van der Waals surface area contributed by atoms with E-state index >= 15 is 0 Å². The molecule has 24 heavy (non-hydrogen) atoms. The van der Waals surface area contributed by atoms with Gasteiger partial charge in [0.05, 0.1) is 11.4 Å². The minimum Gasteiger partial charge on any atom is -0.359 e. The van der Waals surface area contributed by atoms with E-state index < -0.39 is 0 Å². The summed E-state index contributed by atoms with van der Waals surface area (Å²) in [5.41, 5.74) is 1.58. The van der Waals surface area contributed by atoms with Crippen molar-refractivity contribution in [2.45, 2.75) is 26.2 Å². The number of rotatable bonds is 6. The molecule has 2 aromatic rings. The molecule has 0 aliphatic carbocycles. The Morgan fingerprint density at radius 3 is 2.54 bits per heavy atom. The summed E-state index contributed by atoms with van der Waals surface area (Å²) in [6.07, 6.45) is 2.17. The Morgan fingerprint density at radius 2 is 1.96 bits per heavy atom. The van der Waals surface area contributed by atoms with Crippen molar-refractivity contribution in [3.05, 3.63) is 45.9 Å². The summed E-state index contributed by atoms with van der Waals surface area (Å²) >= 11 is 1.64. The quantitative estimate of drug-likeness (QED) is 0.752. The Kier molecular flexibility index (Phi) is 6.31. The number of aryl methyl sites for hydroxylation is 1. The van der Waals surface area contributed by atoms with E-state index in [0.717, 1.165) is 15.4 Å². The maximum atomic E-state index is 12.0. The van der Waals surface area contributed by atoms with Crippen molar-refractivity contribution < 1.29 is 9.59 Å². The van der Waals surface area contributed by atoms with E-state index in [1.807, 2.05) is 32.2 Å². The van der Waals surface area contributed by atoms with Gasteiger partial charge in [-0.15, -0.1) is 11.3 Å². The molecule has 1 aromatic carbocycles. The summed E-state index contributed by atoms with van der Waals surface area (Å²) < 4.78 is 0. The first-order valence-electron chi connectivity index (χ1n) is 7.74. The highest BCUT2D eigenvalue weighted by Gasteiger charge is 2.11. The van der Waals surface area contributed by atoms with Crippen LogP contribution in [0.4, 0.5) is 10.5 Å². The fourth-order valence-corrected chi connectivity index (χ4v) is 2.91. The lowest BCUT2D eigenvalue weighted by Crippen LogP contribution is -2.31. The highest BCUT2D eigenvalue weighted by atomic mass is 32.1. The molecule has 1 atom stereocenters. The van der Waals surface area contributed by atoms with Crippen LogP contribution in [0.15, 0.2) is 30.5 Å². The van der Waals surface area contributed by atoms with Crippen molar-refractivity contribution in [2.75, 3.05) is 18.9 Å². The van der Waals surface area contributed by atoms with E-state index in [1.165, 1.54) is 0 Å². The molecule has 0 spiro atoms. The van der Waals surface area contributed by atoms with Crippen LogP contribution >= 0.6 is 11.3 Å². The van der Waals surface area contributed by atoms with Gasteiger partial charge in [0, 0.05) is 36.3 Å². The highest BCUT2D eigenvalue weighted by molar-refractivity contribution is 7.11. The Hall–Kier alpha value is -2.41. The van der Waals surface area contributed by atoms with Crippen molar-refractivity contribution in [3.8, 4) is 0 Å². The van der Waals surface area contributed by atoms with E-state index in [2.05, 4.69) is 20.9 Å². The number of hydrogen-bond donors (Lipinski definition) is 3. The second-order valence-corrected chi connectivity index (χ2v) is 6.86. The smallest absolute Gasteiger partial charge is 0.319 e. The maximum Gasteiger partial charge on any atom is 0.319 e. The number of likely N-dealkylation sites (N-methyl/N-ethyl adjacent to an activating group) is 1. The molecular formula is C17H22N4O2S. The summed E-state index contributed by atoms with van der Waals surface area (Å²) in [5.74, 6) is 0.129.